The number of rotatable bonds is 4. The van der Waals surface area contributed by atoms with Crippen LogP contribution in [-0.2, 0) is 4.74 Å². The van der Waals surface area contributed by atoms with Crippen LogP contribution < -0.4 is 5.32 Å². The smallest absolute Gasteiger partial charge is 0.0594 e. The van der Waals surface area contributed by atoms with Crippen LogP contribution >= 0.6 is 0 Å². The maximum atomic E-state index is 5.42. The molecule has 1 saturated heterocycles. The van der Waals surface area contributed by atoms with Gasteiger partial charge in [-0.25, -0.2) is 0 Å². The second-order valence-electron chi connectivity index (χ2n) is 4.63. The lowest BCUT2D eigenvalue weighted by Crippen LogP contribution is -2.42. The summed E-state index contributed by atoms with van der Waals surface area (Å²) in [5.74, 6) is 0. The molecule has 17 heavy (non-hydrogen) atoms. The van der Waals surface area contributed by atoms with Gasteiger partial charge in [0, 0.05) is 25.7 Å². The van der Waals surface area contributed by atoms with Crippen molar-refractivity contribution in [3.8, 4) is 0 Å². The van der Waals surface area contributed by atoms with Crippen molar-refractivity contribution in [3.05, 3.63) is 35.4 Å². The summed E-state index contributed by atoms with van der Waals surface area (Å²) in [6.07, 6.45) is 0. The van der Waals surface area contributed by atoms with Crippen LogP contribution in [0.4, 0.5) is 0 Å². The van der Waals surface area contributed by atoms with Gasteiger partial charge in [-0.2, -0.15) is 0 Å². The highest BCUT2D eigenvalue weighted by molar-refractivity contribution is 5.24. The first kappa shape index (κ1) is 12.6. The Balaban J connectivity index is 2.12. The van der Waals surface area contributed by atoms with E-state index in [1.165, 1.54) is 11.1 Å². The van der Waals surface area contributed by atoms with Gasteiger partial charge in [0.25, 0.3) is 0 Å². The number of likely N-dealkylation sites (N-methyl/N-ethyl adjacent to an activating group) is 1. The molecule has 1 aliphatic heterocycles. The molecule has 1 N–H and O–H groups in total. The molecule has 94 valence electrons. The lowest BCUT2D eigenvalue weighted by molar-refractivity contribution is 0.0165. The molecule has 1 aromatic rings. The van der Waals surface area contributed by atoms with Crippen molar-refractivity contribution in [2.75, 3.05) is 39.9 Å². The fraction of sp³-hybridized carbons (Fsp3) is 0.571. The summed E-state index contributed by atoms with van der Waals surface area (Å²) in [6.45, 7) is 6.88. The van der Waals surface area contributed by atoms with Gasteiger partial charge in [0.1, 0.15) is 0 Å². The molecule has 0 aliphatic carbocycles. The zero-order chi connectivity index (χ0) is 12.1. The largest absolute Gasteiger partial charge is 0.379 e. The van der Waals surface area contributed by atoms with E-state index in [4.69, 9.17) is 4.74 Å². The minimum absolute atomic E-state index is 0.462. The molecule has 0 saturated carbocycles. The van der Waals surface area contributed by atoms with Crippen molar-refractivity contribution >= 4 is 0 Å². The zero-order valence-electron chi connectivity index (χ0n) is 10.8. The Labute approximate surface area is 104 Å². The minimum atomic E-state index is 0.462. The predicted molar refractivity (Wildman–Crippen MR) is 70.2 cm³/mol. The highest BCUT2D eigenvalue weighted by Gasteiger charge is 2.21. The fourth-order valence-electron chi connectivity index (χ4n) is 2.33. The topological polar surface area (TPSA) is 24.5 Å². The molecule has 1 fully saturated rings. The summed E-state index contributed by atoms with van der Waals surface area (Å²) in [7, 11) is 2.02. The molecule has 1 aromatic carbocycles. The second kappa shape index (κ2) is 6.15. The average Bonchev–Trinajstić information content (AvgIpc) is 2.38. The standard InChI is InChI=1S/C14H22N2O/c1-12-3-5-13(6-4-12)14(11-15-2)16-7-9-17-10-8-16/h3-6,14-15H,7-11H2,1-2H3. The molecule has 3 heteroatoms. The van der Waals surface area contributed by atoms with Crippen LogP contribution in [-0.4, -0.2) is 44.8 Å². The summed E-state index contributed by atoms with van der Waals surface area (Å²) in [6, 6.07) is 9.33. The molecule has 1 unspecified atom stereocenters. The summed E-state index contributed by atoms with van der Waals surface area (Å²) in [5.41, 5.74) is 2.71. The number of nitrogens with zero attached hydrogens (tertiary/aromatic N) is 1. The summed E-state index contributed by atoms with van der Waals surface area (Å²) in [4.78, 5) is 2.50. The third kappa shape index (κ3) is 3.28. The molecule has 0 bridgehead atoms. The van der Waals surface area contributed by atoms with E-state index in [2.05, 4.69) is 41.4 Å². The quantitative estimate of drug-likeness (QED) is 0.856. The van der Waals surface area contributed by atoms with E-state index in [0.717, 1.165) is 32.8 Å². The zero-order valence-corrected chi connectivity index (χ0v) is 10.8. The molecular weight excluding hydrogens is 212 g/mol. The Morgan fingerprint density at radius 1 is 1.24 bits per heavy atom. The van der Waals surface area contributed by atoms with E-state index < -0.39 is 0 Å². The van der Waals surface area contributed by atoms with E-state index in [1.807, 2.05) is 7.05 Å². The van der Waals surface area contributed by atoms with Crippen LogP contribution in [0.5, 0.6) is 0 Å². The Hall–Kier alpha value is -0.900. The van der Waals surface area contributed by atoms with Gasteiger partial charge in [-0.3, -0.25) is 4.90 Å². The van der Waals surface area contributed by atoms with E-state index in [0.29, 0.717) is 6.04 Å². The van der Waals surface area contributed by atoms with Crippen molar-refractivity contribution < 1.29 is 4.74 Å². The Morgan fingerprint density at radius 2 is 1.88 bits per heavy atom. The van der Waals surface area contributed by atoms with Crippen LogP contribution in [0.2, 0.25) is 0 Å². The number of morpholine rings is 1. The van der Waals surface area contributed by atoms with Crippen LogP contribution in [0.25, 0.3) is 0 Å². The van der Waals surface area contributed by atoms with Gasteiger partial charge in [0.05, 0.1) is 13.2 Å². The molecule has 0 aromatic heterocycles. The number of hydrogen-bond donors (Lipinski definition) is 1. The Morgan fingerprint density at radius 3 is 2.47 bits per heavy atom. The van der Waals surface area contributed by atoms with E-state index >= 15 is 0 Å². The van der Waals surface area contributed by atoms with Crippen molar-refractivity contribution in [2.45, 2.75) is 13.0 Å². The molecular formula is C14H22N2O. The Kier molecular flexibility index (Phi) is 4.54. The summed E-state index contributed by atoms with van der Waals surface area (Å²) < 4.78 is 5.42. The molecule has 0 amide bonds. The highest BCUT2D eigenvalue weighted by atomic mass is 16.5. The van der Waals surface area contributed by atoms with Gasteiger partial charge in [-0.1, -0.05) is 29.8 Å². The third-order valence-electron chi connectivity index (χ3n) is 3.35. The maximum Gasteiger partial charge on any atom is 0.0594 e. The summed E-state index contributed by atoms with van der Waals surface area (Å²) in [5, 5.41) is 3.30. The van der Waals surface area contributed by atoms with Gasteiger partial charge in [0.2, 0.25) is 0 Å². The molecule has 0 radical (unpaired) electrons. The number of benzene rings is 1. The lowest BCUT2D eigenvalue weighted by atomic mass is 10.0. The number of nitrogens with one attached hydrogen (secondary N) is 1. The van der Waals surface area contributed by atoms with Crippen molar-refractivity contribution in [1.82, 2.24) is 10.2 Å². The molecule has 3 nitrogen and oxygen atoms in total. The van der Waals surface area contributed by atoms with Gasteiger partial charge in [-0.15, -0.1) is 0 Å². The van der Waals surface area contributed by atoms with Crippen LogP contribution in [0.1, 0.15) is 17.2 Å². The van der Waals surface area contributed by atoms with Crippen LogP contribution in [0.15, 0.2) is 24.3 Å². The predicted octanol–water partition coefficient (Wildman–Crippen LogP) is 1.59. The first-order chi connectivity index (χ1) is 8.31. The average molecular weight is 234 g/mol. The fourth-order valence-corrected chi connectivity index (χ4v) is 2.33. The molecule has 0 spiro atoms. The van der Waals surface area contributed by atoms with Gasteiger partial charge in [0.15, 0.2) is 0 Å². The molecule has 1 heterocycles. The van der Waals surface area contributed by atoms with Crippen molar-refractivity contribution in [2.24, 2.45) is 0 Å². The van der Waals surface area contributed by atoms with E-state index in [-0.39, 0.29) is 0 Å². The monoisotopic (exact) mass is 234 g/mol. The van der Waals surface area contributed by atoms with E-state index in [1.54, 1.807) is 0 Å². The number of hydrogen-bond acceptors (Lipinski definition) is 3. The van der Waals surface area contributed by atoms with Crippen LogP contribution in [0.3, 0.4) is 0 Å². The highest BCUT2D eigenvalue weighted by Crippen LogP contribution is 2.21. The summed E-state index contributed by atoms with van der Waals surface area (Å²) >= 11 is 0. The van der Waals surface area contributed by atoms with Gasteiger partial charge >= 0.3 is 0 Å². The van der Waals surface area contributed by atoms with E-state index in [9.17, 15) is 0 Å². The number of ether oxygens (including phenoxy) is 1. The first-order valence-electron chi connectivity index (χ1n) is 6.34. The second-order valence-corrected chi connectivity index (χ2v) is 4.63. The SMILES string of the molecule is CNCC(c1ccc(C)cc1)N1CCOCC1. The number of aryl methyl sites for hydroxylation is 1. The van der Waals surface area contributed by atoms with Crippen molar-refractivity contribution in [1.29, 1.82) is 0 Å². The Bertz CT molecular complexity index is 331. The normalized spacial score (nSPS) is 19.2. The molecule has 2 rings (SSSR count). The van der Waals surface area contributed by atoms with Crippen LogP contribution in [0, 0.1) is 6.92 Å². The van der Waals surface area contributed by atoms with Gasteiger partial charge < -0.3 is 10.1 Å². The third-order valence-corrected chi connectivity index (χ3v) is 3.35. The maximum absolute atomic E-state index is 5.42. The first-order valence-corrected chi connectivity index (χ1v) is 6.34. The van der Waals surface area contributed by atoms with Gasteiger partial charge in [-0.05, 0) is 19.5 Å². The molecule has 1 aliphatic rings. The van der Waals surface area contributed by atoms with Crippen molar-refractivity contribution in [3.63, 3.8) is 0 Å². The minimum Gasteiger partial charge on any atom is -0.379 e. The molecule has 1 atom stereocenters. The lowest BCUT2D eigenvalue weighted by Gasteiger charge is -2.34.